The molecule has 0 aromatic heterocycles. The SMILES string of the molecule is CC(C)[Si](C(C)C)(C(C)C)[C@@H]1C[C@@H]2[C@](C(=O)OC(C)(C)C)(C1)C(=O)N1[C@@H](c3ccccc3)CO[C@]21c1ccccc1. The Hall–Kier alpha value is -2.44. The van der Waals surface area contributed by atoms with Crippen molar-refractivity contribution in [3.8, 4) is 0 Å². The minimum atomic E-state index is -2.03. The molecule has 0 spiro atoms. The van der Waals surface area contributed by atoms with Gasteiger partial charge in [0, 0.05) is 11.5 Å². The predicted octanol–water partition coefficient (Wildman–Crippen LogP) is 8.24. The largest absolute Gasteiger partial charge is 0.459 e. The van der Waals surface area contributed by atoms with Crippen molar-refractivity contribution < 1.29 is 19.1 Å². The van der Waals surface area contributed by atoms with E-state index in [2.05, 4.69) is 65.8 Å². The number of carbonyl (C=O) groups excluding carboxylic acids is 2. The van der Waals surface area contributed by atoms with Crippen LogP contribution >= 0.6 is 0 Å². The second-order valence-electron chi connectivity index (χ2n) is 14.6. The van der Waals surface area contributed by atoms with Gasteiger partial charge in [-0.05, 0) is 44.7 Å². The van der Waals surface area contributed by atoms with Crippen molar-refractivity contribution in [1.29, 1.82) is 0 Å². The molecule has 5 rings (SSSR count). The summed E-state index contributed by atoms with van der Waals surface area (Å²) in [5.41, 5.74) is 0.828. The number of ether oxygens (including phenoxy) is 2. The molecule has 6 heteroatoms. The summed E-state index contributed by atoms with van der Waals surface area (Å²) in [5, 5.41) is 0. The molecule has 5 atom stereocenters. The van der Waals surface area contributed by atoms with E-state index in [0.29, 0.717) is 35.2 Å². The Morgan fingerprint density at radius 3 is 1.98 bits per heavy atom. The van der Waals surface area contributed by atoms with E-state index >= 15 is 4.79 Å². The second kappa shape index (κ2) is 10.4. The summed E-state index contributed by atoms with van der Waals surface area (Å²) in [5.74, 6) is -0.822. The molecule has 2 heterocycles. The quantitative estimate of drug-likeness (QED) is 0.190. The molecule has 0 radical (unpaired) electrons. The number of hydrogen-bond donors (Lipinski definition) is 0. The zero-order valence-electron chi connectivity index (χ0n) is 26.4. The standard InChI is InChI=1S/C35H49NO4Si/c1-23(2)41(24(3)4,25(5)6)28-20-30-34(21-28,32(38)40-33(7,8)9)31(37)36-29(26-16-12-10-13-17-26)22-39-35(30,36)27-18-14-11-15-19-27/h10-19,23-25,28-30H,20-22H2,1-9H3/t28-,29-,30-,34-,35-/m1/s1. The van der Waals surface area contributed by atoms with Crippen LogP contribution in [0.25, 0.3) is 0 Å². The van der Waals surface area contributed by atoms with Gasteiger partial charge in [-0.25, -0.2) is 0 Å². The molecule has 0 unspecified atom stereocenters. The monoisotopic (exact) mass is 575 g/mol. The van der Waals surface area contributed by atoms with E-state index in [1.807, 2.05) is 62.1 Å². The Morgan fingerprint density at radius 1 is 0.927 bits per heavy atom. The Bertz CT molecular complexity index is 1250. The summed E-state index contributed by atoms with van der Waals surface area (Å²) in [6.45, 7) is 20.3. The van der Waals surface area contributed by atoms with Gasteiger partial charge in [0.2, 0.25) is 5.91 Å². The molecule has 1 aliphatic carbocycles. The molecule has 2 saturated heterocycles. The minimum absolute atomic E-state index is 0.117. The molecule has 2 aromatic carbocycles. The zero-order chi connectivity index (χ0) is 30.0. The summed E-state index contributed by atoms with van der Waals surface area (Å²) in [7, 11) is -2.03. The maximum absolute atomic E-state index is 15.2. The Labute approximate surface area is 248 Å². The Balaban J connectivity index is 1.75. The molecule has 1 amide bonds. The van der Waals surface area contributed by atoms with E-state index < -0.39 is 24.8 Å². The number of amides is 1. The van der Waals surface area contributed by atoms with E-state index in [-0.39, 0.29) is 23.8 Å². The lowest BCUT2D eigenvalue weighted by Crippen LogP contribution is -2.51. The lowest BCUT2D eigenvalue weighted by atomic mass is 9.74. The molecule has 2 aliphatic heterocycles. The van der Waals surface area contributed by atoms with Crippen LogP contribution in [0.2, 0.25) is 22.2 Å². The lowest BCUT2D eigenvalue weighted by molar-refractivity contribution is -0.174. The molecular weight excluding hydrogens is 526 g/mol. The van der Waals surface area contributed by atoms with Crippen LogP contribution in [0.15, 0.2) is 60.7 Å². The molecule has 3 aliphatic rings. The summed E-state index contributed by atoms with van der Waals surface area (Å²) in [6, 6.07) is 20.0. The summed E-state index contributed by atoms with van der Waals surface area (Å²) in [4.78, 5) is 31.8. The zero-order valence-corrected chi connectivity index (χ0v) is 27.4. The highest BCUT2D eigenvalue weighted by Gasteiger charge is 2.79. The van der Waals surface area contributed by atoms with Crippen LogP contribution in [0.5, 0.6) is 0 Å². The highest BCUT2D eigenvalue weighted by Crippen LogP contribution is 2.71. The highest BCUT2D eigenvalue weighted by atomic mass is 28.3. The number of esters is 1. The summed E-state index contributed by atoms with van der Waals surface area (Å²) >= 11 is 0. The molecule has 0 N–H and O–H groups in total. The molecular formula is C35H49NO4Si. The first-order chi connectivity index (χ1) is 19.2. The van der Waals surface area contributed by atoms with Crippen molar-refractivity contribution >= 4 is 20.0 Å². The first-order valence-electron chi connectivity index (χ1n) is 15.6. The van der Waals surface area contributed by atoms with Crippen molar-refractivity contribution in [1.82, 2.24) is 4.90 Å². The van der Waals surface area contributed by atoms with Gasteiger partial charge in [-0.3, -0.25) is 14.5 Å². The van der Waals surface area contributed by atoms with Crippen molar-refractivity contribution in [3.05, 3.63) is 71.8 Å². The van der Waals surface area contributed by atoms with Crippen LogP contribution in [-0.4, -0.2) is 37.1 Å². The van der Waals surface area contributed by atoms with Gasteiger partial charge < -0.3 is 9.47 Å². The number of carbonyl (C=O) groups is 2. The molecule has 2 aromatic rings. The van der Waals surface area contributed by atoms with Gasteiger partial charge in [0.25, 0.3) is 0 Å². The first-order valence-corrected chi connectivity index (χ1v) is 17.9. The van der Waals surface area contributed by atoms with Crippen LogP contribution in [0.1, 0.15) is 92.3 Å². The van der Waals surface area contributed by atoms with Crippen molar-refractivity contribution in [2.45, 2.75) is 115 Å². The van der Waals surface area contributed by atoms with E-state index in [4.69, 9.17) is 9.47 Å². The maximum atomic E-state index is 15.2. The number of benzene rings is 2. The molecule has 222 valence electrons. The van der Waals surface area contributed by atoms with E-state index in [1.54, 1.807) is 0 Å². The van der Waals surface area contributed by atoms with Crippen molar-refractivity contribution in [2.75, 3.05) is 6.61 Å². The Kier molecular flexibility index (Phi) is 7.60. The topological polar surface area (TPSA) is 55.8 Å². The first kappa shape index (κ1) is 30.0. The number of hydrogen-bond acceptors (Lipinski definition) is 4. The van der Waals surface area contributed by atoms with Crippen LogP contribution in [0, 0.1) is 11.3 Å². The molecule has 1 saturated carbocycles. The van der Waals surface area contributed by atoms with Gasteiger partial charge in [-0.1, -0.05) is 119 Å². The summed E-state index contributed by atoms with van der Waals surface area (Å²) < 4.78 is 13.2. The van der Waals surface area contributed by atoms with Crippen LogP contribution < -0.4 is 0 Å². The smallest absolute Gasteiger partial charge is 0.322 e. The normalized spacial score (nSPS) is 29.9. The van der Waals surface area contributed by atoms with Crippen LogP contribution in [0.3, 0.4) is 0 Å². The second-order valence-corrected chi connectivity index (χ2v) is 20.9. The van der Waals surface area contributed by atoms with Crippen LogP contribution in [0.4, 0.5) is 0 Å². The van der Waals surface area contributed by atoms with Crippen LogP contribution in [-0.2, 0) is 24.8 Å². The average molecular weight is 576 g/mol. The third-order valence-electron chi connectivity index (χ3n) is 10.7. The summed E-state index contributed by atoms with van der Waals surface area (Å²) in [6.07, 6.45) is 1.33. The fourth-order valence-electron chi connectivity index (χ4n) is 9.69. The van der Waals surface area contributed by atoms with E-state index in [9.17, 15) is 4.79 Å². The van der Waals surface area contributed by atoms with Gasteiger partial charge >= 0.3 is 5.97 Å². The predicted molar refractivity (Wildman–Crippen MR) is 166 cm³/mol. The van der Waals surface area contributed by atoms with E-state index in [0.717, 1.165) is 17.5 Å². The third-order valence-corrected chi connectivity index (χ3v) is 18.6. The fraction of sp³-hybridized carbons (Fsp3) is 0.600. The van der Waals surface area contributed by atoms with Gasteiger partial charge in [-0.2, -0.15) is 0 Å². The minimum Gasteiger partial charge on any atom is -0.459 e. The third kappa shape index (κ3) is 4.26. The van der Waals surface area contributed by atoms with Crippen molar-refractivity contribution in [3.63, 3.8) is 0 Å². The van der Waals surface area contributed by atoms with Gasteiger partial charge in [-0.15, -0.1) is 0 Å². The molecule has 41 heavy (non-hydrogen) atoms. The van der Waals surface area contributed by atoms with Gasteiger partial charge in [0.15, 0.2) is 11.1 Å². The Morgan fingerprint density at radius 2 is 1.46 bits per heavy atom. The van der Waals surface area contributed by atoms with Gasteiger partial charge in [0.1, 0.15) is 5.60 Å². The van der Waals surface area contributed by atoms with E-state index in [1.165, 1.54) is 0 Å². The highest BCUT2D eigenvalue weighted by molar-refractivity contribution is 6.84. The van der Waals surface area contributed by atoms with Crippen molar-refractivity contribution in [2.24, 2.45) is 11.3 Å². The van der Waals surface area contributed by atoms with Gasteiger partial charge in [0.05, 0.1) is 20.7 Å². The maximum Gasteiger partial charge on any atom is 0.322 e. The number of fused-ring (bicyclic) bond motifs is 3. The number of rotatable bonds is 7. The average Bonchev–Trinajstić information content (AvgIpc) is 3.54. The fourth-order valence-corrected chi connectivity index (χ4v) is 17.8. The molecule has 0 bridgehead atoms. The molecule has 3 fully saturated rings. The lowest BCUT2D eigenvalue weighted by Gasteiger charge is -2.49. The number of nitrogens with zero attached hydrogens (tertiary/aromatic N) is 1. The molecule has 5 nitrogen and oxygen atoms in total.